The van der Waals surface area contributed by atoms with Gasteiger partial charge in [-0.15, -0.1) is 0 Å². The molecule has 0 aliphatic carbocycles. The van der Waals surface area contributed by atoms with Gasteiger partial charge in [0.25, 0.3) is 0 Å². The van der Waals surface area contributed by atoms with Gasteiger partial charge in [-0.1, -0.05) is 24.8 Å². The van der Waals surface area contributed by atoms with Crippen molar-refractivity contribution in [3.05, 3.63) is 41.5 Å². The lowest BCUT2D eigenvalue weighted by Gasteiger charge is -2.32. The van der Waals surface area contributed by atoms with Crippen molar-refractivity contribution in [2.45, 2.75) is 59.0 Å². The first-order valence-electron chi connectivity index (χ1n) is 7.98. The Morgan fingerprint density at radius 3 is 2.33 bits per heavy atom. The molecule has 0 bridgehead atoms. The van der Waals surface area contributed by atoms with Gasteiger partial charge in [-0.25, -0.2) is 4.79 Å². The molecule has 1 aliphatic heterocycles. The van der Waals surface area contributed by atoms with Crippen LogP contribution < -0.4 is 5.46 Å². The van der Waals surface area contributed by atoms with Crippen LogP contribution in [0.4, 0.5) is 0 Å². The lowest BCUT2D eigenvalue weighted by molar-refractivity contribution is -0.140. The summed E-state index contributed by atoms with van der Waals surface area (Å²) in [5.74, 6) is -0.432. The zero-order valence-corrected chi connectivity index (χ0v) is 15.0. The highest BCUT2D eigenvalue weighted by atomic mass is 16.7. The zero-order valence-electron chi connectivity index (χ0n) is 15.0. The summed E-state index contributed by atoms with van der Waals surface area (Å²) in [7, 11) is -0.575. The second kappa shape index (κ2) is 6.71. The maximum absolute atomic E-state index is 11.5. The Labute approximate surface area is 143 Å². The Morgan fingerprint density at radius 1 is 1.25 bits per heavy atom. The van der Waals surface area contributed by atoms with E-state index in [4.69, 9.17) is 14.0 Å². The molecule has 1 heterocycles. The van der Waals surface area contributed by atoms with E-state index in [1.807, 2.05) is 39.8 Å². The van der Waals surface area contributed by atoms with Crippen molar-refractivity contribution in [2.75, 3.05) is 0 Å². The Bertz CT molecular complexity index is 635. The molecule has 2 rings (SSSR count). The van der Waals surface area contributed by atoms with Crippen molar-refractivity contribution in [1.82, 2.24) is 0 Å². The minimum absolute atomic E-state index is 0.120. The third kappa shape index (κ3) is 3.71. The van der Waals surface area contributed by atoms with Gasteiger partial charge in [-0.2, -0.15) is 0 Å². The molecule has 1 aromatic rings. The molecule has 24 heavy (non-hydrogen) atoms. The molecule has 0 amide bonds. The van der Waals surface area contributed by atoms with E-state index >= 15 is 0 Å². The number of aliphatic hydroxyl groups is 1. The van der Waals surface area contributed by atoms with Crippen molar-refractivity contribution in [3.8, 4) is 0 Å². The van der Waals surface area contributed by atoms with Crippen LogP contribution in [0.1, 0.15) is 45.7 Å². The maximum atomic E-state index is 11.5. The highest BCUT2D eigenvalue weighted by molar-refractivity contribution is 6.62. The zero-order chi connectivity index (χ0) is 18.1. The van der Waals surface area contributed by atoms with Gasteiger partial charge in [0.2, 0.25) is 0 Å². The second-order valence-electron chi connectivity index (χ2n) is 7.14. The molecule has 0 radical (unpaired) electrons. The van der Waals surface area contributed by atoms with Gasteiger partial charge in [-0.05, 0) is 51.2 Å². The molecule has 1 N–H and O–H groups in total. The van der Waals surface area contributed by atoms with Crippen molar-refractivity contribution in [3.63, 3.8) is 0 Å². The van der Waals surface area contributed by atoms with Crippen molar-refractivity contribution in [1.29, 1.82) is 0 Å². The van der Waals surface area contributed by atoms with Gasteiger partial charge in [0.05, 0.1) is 17.8 Å². The predicted octanol–water partition coefficient (Wildman–Crippen LogP) is 2.10. The number of benzene rings is 1. The van der Waals surface area contributed by atoms with E-state index in [1.54, 1.807) is 13.0 Å². The molecule has 0 spiro atoms. The number of hydrogen-bond acceptors (Lipinski definition) is 5. The highest BCUT2D eigenvalue weighted by Crippen LogP contribution is 2.36. The second-order valence-corrected chi connectivity index (χ2v) is 7.14. The minimum atomic E-state index is -0.575. The minimum Gasteiger partial charge on any atom is -0.457 e. The van der Waals surface area contributed by atoms with Crippen molar-refractivity contribution < 1.29 is 23.9 Å². The fourth-order valence-electron chi connectivity index (χ4n) is 2.34. The monoisotopic (exact) mass is 332 g/mol. The summed E-state index contributed by atoms with van der Waals surface area (Å²) in [4.78, 5) is 11.5. The third-order valence-electron chi connectivity index (χ3n) is 4.61. The SMILES string of the molecule is C=C(C)C(=O)OCc1ccc(CO)c(B2OC(C)(C)C(C)(C)O2)c1. The molecule has 1 fully saturated rings. The number of hydrogen-bond donors (Lipinski definition) is 1. The number of esters is 1. The van der Waals surface area contributed by atoms with Gasteiger partial charge in [0.1, 0.15) is 6.61 Å². The first-order chi connectivity index (χ1) is 11.1. The summed E-state index contributed by atoms with van der Waals surface area (Å²) in [6.07, 6.45) is 0. The summed E-state index contributed by atoms with van der Waals surface area (Å²) in [6, 6.07) is 5.45. The van der Waals surface area contributed by atoms with E-state index in [0.29, 0.717) is 5.57 Å². The Kier molecular flexibility index (Phi) is 5.23. The van der Waals surface area contributed by atoms with Crippen LogP contribution in [0.5, 0.6) is 0 Å². The standard InChI is InChI=1S/C18H25BO5/c1-12(2)16(21)22-11-13-7-8-14(10-20)15(9-13)19-23-17(3,4)18(5,6)24-19/h7-9,20H,1,10-11H2,2-6H3. The average molecular weight is 332 g/mol. The Hall–Kier alpha value is -1.63. The summed E-state index contributed by atoms with van der Waals surface area (Å²) < 4.78 is 17.3. The first kappa shape index (κ1) is 18.7. The Balaban J connectivity index is 2.24. The molecule has 0 aromatic heterocycles. The number of aliphatic hydroxyl groups excluding tert-OH is 1. The molecule has 5 nitrogen and oxygen atoms in total. The lowest BCUT2D eigenvalue weighted by atomic mass is 9.75. The summed E-state index contributed by atoms with van der Waals surface area (Å²) >= 11 is 0. The van der Waals surface area contributed by atoms with Crippen LogP contribution in [0, 0.1) is 0 Å². The van der Waals surface area contributed by atoms with Crippen LogP contribution in [0.2, 0.25) is 0 Å². The lowest BCUT2D eigenvalue weighted by Crippen LogP contribution is -2.41. The molecule has 0 unspecified atom stereocenters. The van der Waals surface area contributed by atoms with Crippen LogP contribution in [0.3, 0.4) is 0 Å². The van der Waals surface area contributed by atoms with E-state index < -0.39 is 24.3 Å². The molecule has 0 atom stereocenters. The summed E-state index contributed by atoms with van der Waals surface area (Å²) in [6.45, 7) is 13.1. The number of ether oxygens (including phenoxy) is 1. The fourth-order valence-corrected chi connectivity index (χ4v) is 2.34. The molecule has 1 saturated heterocycles. The van der Waals surface area contributed by atoms with Crippen LogP contribution >= 0.6 is 0 Å². The topological polar surface area (TPSA) is 65.0 Å². The molecule has 130 valence electrons. The number of carbonyl (C=O) groups excluding carboxylic acids is 1. The van der Waals surface area contributed by atoms with Gasteiger partial charge >= 0.3 is 13.1 Å². The Morgan fingerprint density at radius 2 is 1.83 bits per heavy atom. The fraction of sp³-hybridized carbons (Fsp3) is 0.500. The normalized spacial score (nSPS) is 18.5. The van der Waals surface area contributed by atoms with Crippen LogP contribution in [-0.4, -0.2) is 29.4 Å². The third-order valence-corrected chi connectivity index (χ3v) is 4.61. The van der Waals surface area contributed by atoms with Gasteiger partial charge < -0.3 is 19.2 Å². The van der Waals surface area contributed by atoms with E-state index in [-0.39, 0.29) is 13.2 Å². The summed E-state index contributed by atoms with van der Waals surface area (Å²) in [5, 5.41) is 9.61. The van der Waals surface area contributed by atoms with E-state index in [0.717, 1.165) is 16.6 Å². The number of rotatable bonds is 5. The van der Waals surface area contributed by atoms with E-state index in [9.17, 15) is 9.90 Å². The molecule has 1 aromatic carbocycles. The molecule has 1 aliphatic rings. The van der Waals surface area contributed by atoms with Gasteiger partial charge in [0.15, 0.2) is 0 Å². The molecule has 6 heteroatoms. The number of carbonyl (C=O) groups is 1. The molecule has 0 saturated carbocycles. The van der Waals surface area contributed by atoms with Gasteiger partial charge in [0, 0.05) is 5.57 Å². The molecular weight excluding hydrogens is 307 g/mol. The van der Waals surface area contributed by atoms with E-state index in [1.165, 1.54) is 0 Å². The molecular formula is C18H25BO5. The van der Waals surface area contributed by atoms with Crippen LogP contribution in [-0.2, 0) is 32.1 Å². The smallest absolute Gasteiger partial charge is 0.457 e. The first-order valence-corrected chi connectivity index (χ1v) is 7.98. The largest absolute Gasteiger partial charge is 0.495 e. The maximum Gasteiger partial charge on any atom is 0.495 e. The van der Waals surface area contributed by atoms with Crippen LogP contribution in [0.15, 0.2) is 30.4 Å². The summed E-state index contributed by atoms with van der Waals surface area (Å²) in [5.41, 5.74) is 1.70. The van der Waals surface area contributed by atoms with E-state index in [2.05, 4.69) is 6.58 Å². The average Bonchev–Trinajstić information content (AvgIpc) is 2.72. The highest BCUT2D eigenvalue weighted by Gasteiger charge is 2.52. The van der Waals surface area contributed by atoms with Gasteiger partial charge in [-0.3, -0.25) is 0 Å². The quantitative estimate of drug-likeness (QED) is 0.508. The van der Waals surface area contributed by atoms with Crippen molar-refractivity contribution in [2.24, 2.45) is 0 Å². The van der Waals surface area contributed by atoms with Crippen LogP contribution in [0.25, 0.3) is 0 Å². The van der Waals surface area contributed by atoms with Crippen molar-refractivity contribution >= 4 is 18.6 Å². The predicted molar refractivity (Wildman–Crippen MR) is 92.7 cm³/mol.